The first-order chi connectivity index (χ1) is 12.3. The first kappa shape index (κ1) is 22.1. The lowest BCUT2D eigenvalue weighted by molar-refractivity contribution is 0.0693. The molecule has 1 aromatic rings. The minimum Gasteiger partial charge on any atom is -0.478 e. The summed E-state index contributed by atoms with van der Waals surface area (Å²) in [5.74, 6) is 0.190. The summed E-state index contributed by atoms with van der Waals surface area (Å²) in [6.07, 6.45) is 17.7. The van der Waals surface area contributed by atoms with Gasteiger partial charge in [0.15, 0.2) is 0 Å². The Morgan fingerprint density at radius 2 is 1.28 bits per heavy atom. The van der Waals surface area contributed by atoms with Crippen LogP contribution >= 0.6 is 11.8 Å². The number of hydrogen-bond acceptors (Lipinski definition) is 2. The largest absolute Gasteiger partial charge is 0.478 e. The number of benzene rings is 1. The van der Waals surface area contributed by atoms with Crippen molar-refractivity contribution in [1.82, 2.24) is 0 Å². The van der Waals surface area contributed by atoms with Gasteiger partial charge in [0.25, 0.3) is 0 Å². The van der Waals surface area contributed by atoms with Crippen LogP contribution in [-0.2, 0) is 0 Å². The van der Waals surface area contributed by atoms with Crippen LogP contribution in [0.25, 0.3) is 0 Å². The molecule has 25 heavy (non-hydrogen) atoms. The highest BCUT2D eigenvalue weighted by atomic mass is 32.2. The van der Waals surface area contributed by atoms with Gasteiger partial charge in [-0.3, -0.25) is 0 Å². The number of carbonyl (C=O) groups is 1. The summed E-state index contributed by atoms with van der Waals surface area (Å²) in [6, 6.07) is 7.31. The summed E-state index contributed by atoms with van der Waals surface area (Å²) < 4.78 is 0. The lowest BCUT2D eigenvalue weighted by atomic mass is 10.1. The normalized spacial score (nSPS) is 10.9. The highest BCUT2D eigenvalue weighted by molar-refractivity contribution is 7.99. The number of carboxylic acid groups (broad SMARTS) is 1. The molecule has 0 bridgehead atoms. The van der Waals surface area contributed by atoms with Crippen molar-refractivity contribution < 1.29 is 9.90 Å². The van der Waals surface area contributed by atoms with E-state index in [4.69, 9.17) is 5.11 Å². The lowest BCUT2D eigenvalue weighted by Crippen LogP contribution is -1.98. The van der Waals surface area contributed by atoms with Gasteiger partial charge in [-0.2, -0.15) is 0 Å². The van der Waals surface area contributed by atoms with Crippen LogP contribution in [0.3, 0.4) is 0 Å². The van der Waals surface area contributed by atoms with Gasteiger partial charge < -0.3 is 5.11 Å². The molecule has 1 aromatic carbocycles. The van der Waals surface area contributed by atoms with E-state index in [0.717, 1.165) is 10.6 Å². The predicted molar refractivity (Wildman–Crippen MR) is 110 cm³/mol. The molecule has 1 N–H and O–H groups in total. The topological polar surface area (TPSA) is 37.3 Å². The van der Waals surface area contributed by atoms with Crippen molar-refractivity contribution in [1.29, 1.82) is 0 Å². The van der Waals surface area contributed by atoms with E-state index in [2.05, 4.69) is 6.92 Å². The molecule has 0 unspecified atom stereocenters. The Morgan fingerprint density at radius 3 is 1.80 bits per heavy atom. The molecule has 0 saturated heterocycles. The summed E-state index contributed by atoms with van der Waals surface area (Å²) in [4.78, 5) is 12.1. The van der Waals surface area contributed by atoms with Crippen LogP contribution in [0.15, 0.2) is 29.2 Å². The molecule has 0 atom stereocenters. The minimum absolute atomic E-state index is 0.433. The molecule has 0 heterocycles. The Labute approximate surface area is 158 Å². The summed E-state index contributed by atoms with van der Waals surface area (Å²) in [6.45, 7) is 2.27. The molecular weight excluding hydrogens is 328 g/mol. The molecule has 0 aliphatic rings. The van der Waals surface area contributed by atoms with E-state index < -0.39 is 5.97 Å². The fourth-order valence-electron chi connectivity index (χ4n) is 3.07. The van der Waals surface area contributed by atoms with E-state index in [1.165, 1.54) is 83.5 Å². The van der Waals surface area contributed by atoms with Gasteiger partial charge in [-0.1, -0.05) is 96.1 Å². The Hall–Kier alpha value is -0.960. The van der Waals surface area contributed by atoms with Crippen molar-refractivity contribution in [2.75, 3.05) is 5.75 Å². The summed E-state index contributed by atoms with van der Waals surface area (Å²) in [5, 5.41) is 9.17. The van der Waals surface area contributed by atoms with E-state index in [1.54, 1.807) is 23.9 Å². The second-order valence-corrected chi connectivity index (χ2v) is 8.03. The van der Waals surface area contributed by atoms with Crippen LogP contribution in [0.1, 0.15) is 101 Å². The van der Waals surface area contributed by atoms with Crippen LogP contribution in [-0.4, -0.2) is 16.8 Å². The molecule has 1 rings (SSSR count). The third-order valence-electron chi connectivity index (χ3n) is 4.62. The Kier molecular flexibility index (Phi) is 13.5. The van der Waals surface area contributed by atoms with Gasteiger partial charge in [0, 0.05) is 4.90 Å². The second kappa shape index (κ2) is 15.3. The monoisotopic (exact) mass is 364 g/mol. The van der Waals surface area contributed by atoms with Crippen molar-refractivity contribution in [3.63, 3.8) is 0 Å². The third-order valence-corrected chi connectivity index (χ3v) is 5.78. The molecule has 0 amide bonds. The number of aromatic carboxylic acids is 1. The zero-order chi connectivity index (χ0) is 18.2. The van der Waals surface area contributed by atoms with Crippen LogP contribution in [0, 0.1) is 0 Å². The number of thioether (sulfide) groups is 1. The number of carboxylic acids is 1. The third kappa shape index (κ3) is 11.3. The second-order valence-electron chi connectivity index (χ2n) is 6.89. The standard InChI is InChI=1S/C22H36O2S/c1-2-3-4-5-6-7-8-9-10-11-12-13-16-19-25-21-18-15-14-17-20(21)22(23)24/h14-15,17-18H,2-13,16,19H2,1H3,(H,23,24). The van der Waals surface area contributed by atoms with E-state index in [-0.39, 0.29) is 0 Å². The van der Waals surface area contributed by atoms with Crippen molar-refractivity contribution in [2.24, 2.45) is 0 Å². The van der Waals surface area contributed by atoms with Crippen LogP contribution in [0.4, 0.5) is 0 Å². The van der Waals surface area contributed by atoms with Gasteiger partial charge in [0.2, 0.25) is 0 Å². The smallest absolute Gasteiger partial charge is 0.336 e. The van der Waals surface area contributed by atoms with E-state index in [1.807, 2.05) is 12.1 Å². The van der Waals surface area contributed by atoms with Crippen molar-refractivity contribution >= 4 is 17.7 Å². The van der Waals surface area contributed by atoms with E-state index in [9.17, 15) is 4.79 Å². The highest BCUT2D eigenvalue weighted by Crippen LogP contribution is 2.24. The van der Waals surface area contributed by atoms with Crippen molar-refractivity contribution in [3.05, 3.63) is 29.8 Å². The SMILES string of the molecule is CCCCCCCCCCCCCCCSc1ccccc1C(=O)O. The zero-order valence-corrected chi connectivity index (χ0v) is 16.8. The maximum atomic E-state index is 11.2. The summed E-state index contributed by atoms with van der Waals surface area (Å²) in [7, 11) is 0. The molecular formula is C22H36O2S. The molecule has 0 fully saturated rings. The molecule has 0 aliphatic carbocycles. The molecule has 0 aromatic heterocycles. The quantitative estimate of drug-likeness (QED) is 0.243. The number of rotatable bonds is 16. The van der Waals surface area contributed by atoms with Gasteiger partial charge >= 0.3 is 5.97 Å². The van der Waals surface area contributed by atoms with Crippen molar-refractivity contribution in [3.8, 4) is 0 Å². The molecule has 0 radical (unpaired) electrons. The van der Waals surface area contributed by atoms with Crippen LogP contribution in [0.2, 0.25) is 0 Å². The van der Waals surface area contributed by atoms with Crippen LogP contribution in [0.5, 0.6) is 0 Å². The minimum atomic E-state index is -0.825. The highest BCUT2D eigenvalue weighted by Gasteiger charge is 2.08. The molecule has 3 heteroatoms. The summed E-state index contributed by atoms with van der Waals surface area (Å²) >= 11 is 1.68. The number of hydrogen-bond donors (Lipinski definition) is 1. The van der Waals surface area contributed by atoms with Gasteiger partial charge in [-0.05, 0) is 24.3 Å². The fourth-order valence-corrected chi connectivity index (χ4v) is 4.13. The van der Waals surface area contributed by atoms with Gasteiger partial charge in [-0.25, -0.2) is 4.79 Å². The average molecular weight is 365 g/mol. The fraction of sp³-hybridized carbons (Fsp3) is 0.682. The van der Waals surface area contributed by atoms with E-state index in [0.29, 0.717) is 5.56 Å². The van der Waals surface area contributed by atoms with Gasteiger partial charge in [0.05, 0.1) is 5.56 Å². The van der Waals surface area contributed by atoms with Crippen molar-refractivity contribution in [2.45, 2.75) is 95.3 Å². The predicted octanol–water partition coefficient (Wildman–Crippen LogP) is 7.57. The Morgan fingerprint density at radius 1 is 0.800 bits per heavy atom. The Balaban J connectivity index is 1.90. The first-order valence-electron chi connectivity index (χ1n) is 10.2. The first-order valence-corrected chi connectivity index (χ1v) is 11.2. The van der Waals surface area contributed by atoms with E-state index >= 15 is 0 Å². The molecule has 0 saturated carbocycles. The lowest BCUT2D eigenvalue weighted by Gasteiger charge is -2.06. The Bertz CT molecular complexity index is 459. The zero-order valence-electron chi connectivity index (χ0n) is 16.0. The molecule has 142 valence electrons. The maximum absolute atomic E-state index is 11.2. The van der Waals surface area contributed by atoms with Gasteiger partial charge in [-0.15, -0.1) is 11.8 Å². The summed E-state index contributed by atoms with van der Waals surface area (Å²) in [5.41, 5.74) is 0.433. The maximum Gasteiger partial charge on any atom is 0.336 e. The van der Waals surface area contributed by atoms with Crippen LogP contribution < -0.4 is 0 Å². The average Bonchev–Trinajstić information content (AvgIpc) is 2.62. The number of unbranched alkanes of at least 4 members (excludes halogenated alkanes) is 12. The molecule has 0 aliphatic heterocycles. The molecule has 0 spiro atoms. The van der Waals surface area contributed by atoms with Gasteiger partial charge in [0.1, 0.15) is 0 Å². The molecule has 2 nitrogen and oxygen atoms in total.